The fourth-order valence-electron chi connectivity index (χ4n) is 1.38. The molecule has 0 aromatic carbocycles. The Hall–Kier alpha value is -2.21. The molecule has 1 saturated carbocycles. The fraction of sp³-hybridized carbons (Fsp3) is 0.300. The maximum Gasteiger partial charge on any atom is 0.488 e. The number of halogens is 1. The van der Waals surface area contributed by atoms with Gasteiger partial charge in [0.1, 0.15) is 5.54 Å². The van der Waals surface area contributed by atoms with E-state index in [-0.39, 0.29) is 5.56 Å². The Morgan fingerprint density at radius 2 is 2.21 bits per heavy atom. The number of nitrogens with zero attached hydrogens (tertiary/aromatic N) is 2. The van der Waals surface area contributed by atoms with Gasteiger partial charge >= 0.3 is 10.5 Å². The van der Waals surface area contributed by atoms with Gasteiger partial charge < -0.3 is 9.50 Å². The second-order valence-electron chi connectivity index (χ2n) is 4.03. The summed E-state index contributed by atoms with van der Waals surface area (Å²) >= 11 is 0. The van der Waals surface area contributed by atoms with Gasteiger partial charge in [-0.2, -0.15) is 13.7 Å². The highest BCUT2D eigenvalue weighted by molar-refractivity contribution is 7.81. The molecule has 0 atom stereocenters. The number of pyridine rings is 1. The minimum Gasteiger partial charge on any atom is -0.357 e. The average molecular weight is 285 g/mol. The lowest BCUT2D eigenvalue weighted by atomic mass is 10.2. The zero-order valence-corrected chi connectivity index (χ0v) is 10.3. The number of hydrogen-bond donors (Lipinski definition) is 1. The number of amides is 1. The number of nitriles is 1. The first-order chi connectivity index (χ1) is 8.84. The van der Waals surface area contributed by atoms with Crippen molar-refractivity contribution in [3.05, 3.63) is 24.0 Å². The quantitative estimate of drug-likeness (QED) is 0.805. The van der Waals surface area contributed by atoms with Gasteiger partial charge in [0.15, 0.2) is 5.75 Å². The van der Waals surface area contributed by atoms with Gasteiger partial charge in [0, 0.05) is 6.20 Å². The highest BCUT2D eigenvalue weighted by Gasteiger charge is 2.44. The summed E-state index contributed by atoms with van der Waals surface area (Å²) in [6.45, 7) is 0. The molecule has 1 aliphatic rings. The zero-order chi connectivity index (χ0) is 14.1. The van der Waals surface area contributed by atoms with Gasteiger partial charge in [0.05, 0.1) is 17.8 Å². The van der Waals surface area contributed by atoms with E-state index in [4.69, 9.17) is 5.26 Å². The molecular weight excluding hydrogens is 277 g/mol. The summed E-state index contributed by atoms with van der Waals surface area (Å²) in [4.78, 5) is 15.3. The Kier molecular flexibility index (Phi) is 3.11. The third kappa shape index (κ3) is 3.38. The standard InChI is InChI=1S/C10H8FN3O4S/c11-19(16,17)18-8-3-7(4-13-5-8)9(15)14-10(6-12)1-2-10/h3-5H,1-2H2,(H,14,15). The second-order valence-corrected chi connectivity index (χ2v) is 4.99. The Bertz CT molecular complexity index is 664. The van der Waals surface area contributed by atoms with Crippen LogP contribution in [0.1, 0.15) is 23.2 Å². The van der Waals surface area contributed by atoms with E-state index >= 15 is 0 Å². The van der Waals surface area contributed by atoms with Gasteiger partial charge in [-0.1, -0.05) is 3.89 Å². The van der Waals surface area contributed by atoms with E-state index < -0.39 is 27.7 Å². The molecule has 1 aromatic heterocycles. The molecule has 2 rings (SSSR count). The van der Waals surface area contributed by atoms with Gasteiger partial charge in [-0.3, -0.25) is 9.78 Å². The highest BCUT2D eigenvalue weighted by Crippen LogP contribution is 2.34. The molecule has 1 amide bonds. The Balaban J connectivity index is 2.15. The lowest BCUT2D eigenvalue weighted by Crippen LogP contribution is -2.35. The van der Waals surface area contributed by atoms with Crippen LogP contribution in [0.3, 0.4) is 0 Å². The summed E-state index contributed by atoms with van der Waals surface area (Å²) in [7, 11) is -5.17. The minimum absolute atomic E-state index is 0.0253. The maximum atomic E-state index is 12.3. The average Bonchev–Trinajstić information content (AvgIpc) is 3.07. The van der Waals surface area contributed by atoms with Crippen molar-refractivity contribution in [3.8, 4) is 11.8 Å². The van der Waals surface area contributed by atoms with Crippen LogP contribution in [0.25, 0.3) is 0 Å². The molecule has 1 fully saturated rings. The van der Waals surface area contributed by atoms with Crippen LogP contribution in [-0.4, -0.2) is 24.8 Å². The number of carbonyl (C=O) groups excluding carboxylic acids is 1. The fourth-order valence-corrected chi connectivity index (χ4v) is 1.70. The van der Waals surface area contributed by atoms with E-state index in [0.29, 0.717) is 12.8 Å². The number of carbonyl (C=O) groups is 1. The van der Waals surface area contributed by atoms with Crippen LogP contribution >= 0.6 is 0 Å². The lowest BCUT2D eigenvalue weighted by Gasteiger charge is -2.09. The third-order valence-electron chi connectivity index (χ3n) is 2.49. The van der Waals surface area contributed by atoms with Gasteiger partial charge in [-0.25, -0.2) is 0 Å². The van der Waals surface area contributed by atoms with E-state index in [1.807, 2.05) is 6.07 Å². The van der Waals surface area contributed by atoms with Crippen LogP contribution in [0.15, 0.2) is 18.5 Å². The number of nitrogens with one attached hydrogen (secondary N) is 1. The van der Waals surface area contributed by atoms with Crippen molar-refractivity contribution in [2.45, 2.75) is 18.4 Å². The molecule has 1 aliphatic carbocycles. The molecule has 0 saturated heterocycles. The SMILES string of the molecule is N#CC1(NC(=O)c2cncc(OS(=O)(=O)F)c2)CC1. The molecule has 0 unspecified atom stereocenters. The van der Waals surface area contributed by atoms with Crippen LogP contribution in [0.5, 0.6) is 5.75 Å². The molecule has 0 aliphatic heterocycles. The van der Waals surface area contributed by atoms with Gasteiger partial charge in [-0.05, 0) is 18.9 Å². The van der Waals surface area contributed by atoms with E-state index in [1.54, 1.807) is 0 Å². The number of hydrogen-bond acceptors (Lipinski definition) is 6. The molecule has 0 spiro atoms. The highest BCUT2D eigenvalue weighted by atomic mass is 32.3. The van der Waals surface area contributed by atoms with Crippen LogP contribution in [0.4, 0.5) is 3.89 Å². The number of rotatable bonds is 4. The predicted octanol–water partition coefficient (Wildman–Crippen LogP) is 0.461. The summed E-state index contributed by atoms with van der Waals surface area (Å²) < 4.78 is 36.9. The Labute approximate surface area is 108 Å². The third-order valence-corrected chi connectivity index (χ3v) is 2.88. The van der Waals surface area contributed by atoms with Crippen molar-refractivity contribution in [1.29, 1.82) is 5.26 Å². The maximum absolute atomic E-state index is 12.3. The largest absolute Gasteiger partial charge is 0.488 e. The van der Waals surface area contributed by atoms with Crippen molar-refractivity contribution < 1.29 is 21.3 Å². The molecule has 1 aromatic rings. The van der Waals surface area contributed by atoms with E-state index in [9.17, 15) is 17.1 Å². The molecule has 0 radical (unpaired) electrons. The Morgan fingerprint density at radius 1 is 1.53 bits per heavy atom. The van der Waals surface area contributed by atoms with E-state index in [1.165, 1.54) is 0 Å². The summed E-state index contributed by atoms with van der Waals surface area (Å²) in [6, 6.07) is 2.99. The first-order valence-corrected chi connectivity index (χ1v) is 6.47. The minimum atomic E-state index is -5.17. The summed E-state index contributed by atoms with van der Waals surface area (Å²) in [5.41, 5.74) is -0.886. The predicted molar refractivity (Wildman–Crippen MR) is 59.9 cm³/mol. The second kappa shape index (κ2) is 4.47. The summed E-state index contributed by atoms with van der Waals surface area (Å²) in [5, 5.41) is 11.3. The van der Waals surface area contributed by atoms with E-state index in [2.05, 4.69) is 14.5 Å². The monoisotopic (exact) mass is 285 g/mol. The first-order valence-electron chi connectivity index (χ1n) is 5.16. The molecule has 9 heteroatoms. The molecule has 7 nitrogen and oxygen atoms in total. The summed E-state index contributed by atoms with van der Waals surface area (Å²) in [5.74, 6) is -1.02. The summed E-state index contributed by atoms with van der Waals surface area (Å²) in [6.07, 6.45) is 3.21. The van der Waals surface area contributed by atoms with Crippen LogP contribution in [0, 0.1) is 11.3 Å². The zero-order valence-electron chi connectivity index (χ0n) is 9.46. The van der Waals surface area contributed by atoms with Gasteiger partial charge in [0.25, 0.3) is 5.91 Å². The first kappa shape index (κ1) is 13.2. The normalized spacial score (nSPS) is 16.2. The van der Waals surface area contributed by atoms with Crippen molar-refractivity contribution >= 4 is 16.4 Å². The molecule has 0 bridgehead atoms. The van der Waals surface area contributed by atoms with Crippen molar-refractivity contribution in [2.75, 3.05) is 0 Å². The van der Waals surface area contributed by atoms with Gasteiger partial charge in [0.2, 0.25) is 0 Å². The lowest BCUT2D eigenvalue weighted by molar-refractivity contribution is 0.0941. The number of aromatic nitrogens is 1. The smallest absolute Gasteiger partial charge is 0.357 e. The van der Waals surface area contributed by atoms with Gasteiger partial charge in [-0.15, -0.1) is 0 Å². The molecule has 1 N–H and O–H groups in total. The van der Waals surface area contributed by atoms with E-state index in [0.717, 1.165) is 18.5 Å². The Morgan fingerprint density at radius 3 is 2.74 bits per heavy atom. The topological polar surface area (TPSA) is 109 Å². The molecule has 19 heavy (non-hydrogen) atoms. The van der Waals surface area contributed by atoms with Crippen molar-refractivity contribution in [2.24, 2.45) is 0 Å². The van der Waals surface area contributed by atoms with Crippen LogP contribution in [0.2, 0.25) is 0 Å². The van der Waals surface area contributed by atoms with Crippen molar-refractivity contribution in [3.63, 3.8) is 0 Å². The molecule has 1 heterocycles. The molecular formula is C10H8FN3O4S. The molecule has 100 valence electrons. The van der Waals surface area contributed by atoms with Crippen LogP contribution in [-0.2, 0) is 10.5 Å². The van der Waals surface area contributed by atoms with Crippen molar-refractivity contribution in [1.82, 2.24) is 10.3 Å². The van der Waals surface area contributed by atoms with Crippen LogP contribution < -0.4 is 9.50 Å².